The molecule has 2 amide bonds. The van der Waals surface area contributed by atoms with Gasteiger partial charge in [-0.25, -0.2) is 4.79 Å². The summed E-state index contributed by atoms with van der Waals surface area (Å²) in [5, 5.41) is 25.4. The van der Waals surface area contributed by atoms with Gasteiger partial charge in [0.15, 0.2) is 5.13 Å². The lowest BCUT2D eigenvalue weighted by molar-refractivity contribution is -0.150. The highest BCUT2D eigenvalue weighted by Crippen LogP contribution is 2.41. The van der Waals surface area contributed by atoms with E-state index in [0.29, 0.717) is 17.1 Å². The molecule has 2 atom stereocenters. The number of nitrogen functional groups attached to an aromatic ring is 1. The number of aliphatic carboxylic acids is 1. The van der Waals surface area contributed by atoms with Crippen LogP contribution in [-0.4, -0.2) is 72.9 Å². The van der Waals surface area contributed by atoms with E-state index >= 15 is 0 Å². The Morgan fingerprint density at radius 2 is 2.35 bits per heavy atom. The standard InChI is InChI=1S/C16H15N7O5S3/c1-28-21-8(11-20-16(18)31-22-11)12(24)19-9-13(25)23-10(15(26)27)7(6-30-14(9)23)5-29-4-2-3-17/h2,4,9,14H,5-6H2,1H3,(H,19,24)(H,26,27)(H2,18,20,22)/t9?,14-/m0/s1. The molecule has 0 radical (unpaired) electrons. The number of allylic oxidation sites excluding steroid dienone is 1. The number of thioether (sulfide) groups is 2. The molecule has 0 bridgehead atoms. The molecule has 15 heteroatoms. The minimum Gasteiger partial charge on any atom is -0.477 e. The Labute approximate surface area is 188 Å². The van der Waals surface area contributed by atoms with Crippen LogP contribution >= 0.6 is 35.1 Å². The molecule has 31 heavy (non-hydrogen) atoms. The van der Waals surface area contributed by atoms with Crippen molar-refractivity contribution < 1.29 is 24.3 Å². The average molecular weight is 482 g/mol. The minimum atomic E-state index is -1.23. The zero-order valence-electron chi connectivity index (χ0n) is 15.8. The van der Waals surface area contributed by atoms with Crippen LogP contribution in [0.5, 0.6) is 0 Å². The van der Waals surface area contributed by atoms with Gasteiger partial charge in [0.1, 0.15) is 24.2 Å². The zero-order valence-corrected chi connectivity index (χ0v) is 18.3. The second-order valence-electron chi connectivity index (χ2n) is 5.94. The fourth-order valence-electron chi connectivity index (χ4n) is 2.84. The molecule has 3 rings (SSSR count). The van der Waals surface area contributed by atoms with Gasteiger partial charge in [-0.2, -0.15) is 14.6 Å². The number of hydrogen-bond donors (Lipinski definition) is 3. The van der Waals surface area contributed by atoms with Crippen molar-refractivity contribution >= 4 is 63.7 Å². The molecule has 1 aromatic heterocycles. The molecule has 3 heterocycles. The Morgan fingerprint density at radius 1 is 1.58 bits per heavy atom. The maximum atomic E-state index is 12.7. The van der Waals surface area contributed by atoms with Crippen LogP contribution in [0.15, 0.2) is 27.9 Å². The van der Waals surface area contributed by atoms with Gasteiger partial charge in [0.05, 0.1) is 6.07 Å². The molecule has 0 spiro atoms. The lowest BCUT2D eigenvalue weighted by atomic mass is 10.0. The van der Waals surface area contributed by atoms with Crippen molar-refractivity contribution in [2.24, 2.45) is 5.16 Å². The topological polar surface area (TPSA) is 184 Å². The number of rotatable bonds is 8. The fourth-order valence-corrected chi connectivity index (χ4v) is 5.44. The first-order valence-electron chi connectivity index (χ1n) is 8.46. The van der Waals surface area contributed by atoms with Crippen LogP contribution in [0.2, 0.25) is 0 Å². The predicted molar refractivity (Wildman–Crippen MR) is 115 cm³/mol. The number of carbonyl (C=O) groups excluding carboxylic acids is 2. The number of carboxylic acids is 1. The number of amides is 2. The van der Waals surface area contributed by atoms with Gasteiger partial charge in [-0.1, -0.05) is 5.16 Å². The Balaban J connectivity index is 1.75. The van der Waals surface area contributed by atoms with E-state index in [1.54, 1.807) is 5.41 Å². The lowest BCUT2D eigenvalue weighted by Gasteiger charge is -2.49. The molecule has 1 aromatic rings. The van der Waals surface area contributed by atoms with Gasteiger partial charge >= 0.3 is 5.97 Å². The van der Waals surface area contributed by atoms with Gasteiger partial charge in [0, 0.05) is 29.1 Å². The van der Waals surface area contributed by atoms with Crippen molar-refractivity contribution in [3.63, 3.8) is 0 Å². The van der Waals surface area contributed by atoms with Crippen LogP contribution in [0.4, 0.5) is 5.13 Å². The van der Waals surface area contributed by atoms with Crippen molar-refractivity contribution in [3.8, 4) is 6.07 Å². The number of nitrogens with zero attached hydrogens (tertiary/aromatic N) is 5. The molecule has 2 aliphatic heterocycles. The Kier molecular flexibility index (Phi) is 7.15. The first kappa shape index (κ1) is 22.6. The smallest absolute Gasteiger partial charge is 0.352 e. The monoisotopic (exact) mass is 481 g/mol. The summed E-state index contributed by atoms with van der Waals surface area (Å²) in [6, 6.07) is 0.904. The fraction of sp³-hybridized carbons (Fsp3) is 0.312. The number of aromatic nitrogens is 2. The molecule has 0 saturated carbocycles. The summed E-state index contributed by atoms with van der Waals surface area (Å²) in [5.41, 5.74) is 5.75. The maximum Gasteiger partial charge on any atom is 0.352 e. The Morgan fingerprint density at radius 3 is 2.97 bits per heavy atom. The molecular weight excluding hydrogens is 466 g/mol. The molecule has 1 unspecified atom stereocenters. The molecule has 162 valence electrons. The highest BCUT2D eigenvalue weighted by Gasteiger charge is 2.54. The van der Waals surface area contributed by atoms with Crippen molar-refractivity contribution in [3.05, 3.63) is 28.6 Å². The van der Waals surface area contributed by atoms with Gasteiger partial charge in [0.2, 0.25) is 11.5 Å². The summed E-state index contributed by atoms with van der Waals surface area (Å²) in [6.45, 7) is 0. The predicted octanol–water partition coefficient (Wildman–Crippen LogP) is -0.0201. The molecule has 1 fully saturated rings. The van der Waals surface area contributed by atoms with Crippen LogP contribution in [0.1, 0.15) is 5.82 Å². The maximum absolute atomic E-state index is 12.7. The third-order valence-corrected chi connectivity index (χ3v) is 6.81. The third kappa shape index (κ3) is 4.65. The molecule has 2 aliphatic rings. The summed E-state index contributed by atoms with van der Waals surface area (Å²) in [7, 11) is 1.24. The highest BCUT2D eigenvalue weighted by molar-refractivity contribution is 8.02. The number of carboxylic acid groups (broad SMARTS) is 1. The van der Waals surface area contributed by atoms with Gasteiger partial charge in [0.25, 0.3) is 11.8 Å². The van der Waals surface area contributed by atoms with E-state index in [2.05, 4.69) is 24.7 Å². The number of nitrogens with one attached hydrogen (secondary N) is 1. The van der Waals surface area contributed by atoms with Crippen molar-refractivity contribution in [1.29, 1.82) is 5.26 Å². The Hall–Kier alpha value is -3.09. The number of oxime groups is 1. The molecule has 0 aromatic carbocycles. The SMILES string of the molecule is CON=C(C(=O)NC1C(=O)N2C(C(=O)O)=C(CSC=CC#N)CS[C@@H]12)c1nsc(N)n1. The molecule has 4 N–H and O–H groups in total. The Bertz CT molecular complexity index is 1040. The quantitative estimate of drug-likeness (QED) is 0.196. The van der Waals surface area contributed by atoms with Crippen LogP contribution in [0, 0.1) is 11.3 Å². The summed E-state index contributed by atoms with van der Waals surface area (Å²) < 4.78 is 3.91. The molecule has 1 saturated heterocycles. The van der Waals surface area contributed by atoms with Gasteiger partial charge in [-0.05, 0) is 11.0 Å². The van der Waals surface area contributed by atoms with E-state index < -0.39 is 29.2 Å². The van der Waals surface area contributed by atoms with Gasteiger partial charge in [-0.3, -0.25) is 14.5 Å². The van der Waals surface area contributed by atoms with Crippen molar-refractivity contribution in [1.82, 2.24) is 19.6 Å². The largest absolute Gasteiger partial charge is 0.477 e. The number of β-lactam (4-membered cyclic amide) rings is 1. The summed E-state index contributed by atoms with van der Waals surface area (Å²) in [6.07, 6.45) is 1.29. The van der Waals surface area contributed by atoms with E-state index in [0.717, 1.165) is 16.4 Å². The number of nitriles is 1. The van der Waals surface area contributed by atoms with Crippen LogP contribution < -0.4 is 11.1 Å². The van der Waals surface area contributed by atoms with Gasteiger partial charge < -0.3 is 21.0 Å². The van der Waals surface area contributed by atoms with Crippen LogP contribution in [-0.2, 0) is 19.2 Å². The number of anilines is 1. The first-order chi connectivity index (χ1) is 14.9. The molecular formula is C16H15N7O5S3. The summed E-state index contributed by atoms with van der Waals surface area (Å²) in [4.78, 5) is 46.9. The van der Waals surface area contributed by atoms with Crippen molar-refractivity contribution in [2.75, 3.05) is 24.3 Å². The second-order valence-corrected chi connectivity index (χ2v) is 8.72. The normalized spacial score (nSPS) is 20.8. The highest BCUT2D eigenvalue weighted by atomic mass is 32.2. The van der Waals surface area contributed by atoms with E-state index in [4.69, 9.17) is 11.0 Å². The number of carbonyl (C=O) groups is 3. The van der Waals surface area contributed by atoms with E-state index in [9.17, 15) is 19.5 Å². The lowest BCUT2D eigenvalue weighted by Crippen LogP contribution is -2.71. The molecule has 12 nitrogen and oxygen atoms in total. The van der Waals surface area contributed by atoms with E-state index in [1.807, 2.05) is 6.07 Å². The average Bonchev–Trinajstić information content (AvgIpc) is 3.18. The van der Waals surface area contributed by atoms with Crippen LogP contribution in [0.25, 0.3) is 0 Å². The summed E-state index contributed by atoms with van der Waals surface area (Å²) >= 11 is 3.46. The third-order valence-electron chi connectivity index (χ3n) is 4.08. The second kappa shape index (κ2) is 9.81. The first-order valence-corrected chi connectivity index (χ1v) is 11.3. The van der Waals surface area contributed by atoms with Crippen LogP contribution in [0.3, 0.4) is 0 Å². The molecule has 0 aliphatic carbocycles. The van der Waals surface area contributed by atoms with Gasteiger partial charge in [-0.15, -0.1) is 23.5 Å². The summed E-state index contributed by atoms with van der Waals surface area (Å²) in [5.74, 6) is -1.90. The van der Waals surface area contributed by atoms with E-state index in [1.165, 1.54) is 36.7 Å². The zero-order chi connectivity index (χ0) is 22.5. The van der Waals surface area contributed by atoms with E-state index in [-0.39, 0.29) is 22.4 Å². The number of fused-ring (bicyclic) bond motifs is 1. The number of hydrogen-bond acceptors (Lipinski definition) is 12. The minimum absolute atomic E-state index is 0.0439. The number of nitrogens with two attached hydrogens (primary N) is 1. The van der Waals surface area contributed by atoms with Crippen molar-refractivity contribution in [2.45, 2.75) is 11.4 Å².